The van der Waals surface area contributed by atoms with Crippen LogP contribution in [0.15, 0.2) is 42.0 Å². The molecule has 0 N–H and O–H groups in total. The number of aryl methyl sites for hydroxylation is 1. The fraction of sp³-hybridized carbons (Fsp3) is 0.357. The molecule has 16 heavy (non-hydrogen) atoms. The molecule has 0 saturated carbocycles. The summed E-state index contributed by atoms with van der Waals surface area (Å²) in [6.07, 6.45) is 3.63. The maximum atomic E-state index is 11.8. The van der Waals surface area contributed by atoms with Crippen LogP contribution in [-0.2, 0) is 11.2 Å². The molecule has 2 heteroatoms. The van der Waals surface area contributed by atoms with Crippen molar-refractivity contribution in [3.63, 3.8) is 0 Å². The molecule has 0 radical (unpaired) electrons. The highest BCUT2D eigenvalue weighted by molar-refractivity contribution is 5.92. The second-order valence-corrected chi connectivity index (χ2v) is 4.00. The van der Waals surface area contributed by atoms with E-state index in [9.17, 15) is 4.79 Å². The second-order valence-electron chi connectivity index (χ2n) is 4.00. The number of likely N-dealkylation sites (N-methyl/N-ethyl adjacent to an activating group) is 1. The Labute approximate surface area is 97.6 Å². The fourth-order valence-electron chi connectivity index (χ4n) is 1.59. The Morgan fingerprint density at radius 1 is 1.25 bits per heavy atom. The summed E-state index contributed by atoms with van der Waals surface area (Å²) in [4.78, 5) is 13.4. The van der Waals surface area contributed by atoms with Gasteiger partial charge in [-0.1, -0.05) is 36.4 Å². The third kappa shape index (κ3) is 3.54. The number of carbonyl (C=O) groups is 1. The molecule has 0 atom stereocenters. The molecule has 0 bridgehead atoms. The third-order valence-corrected chi connectivity index (χ3v) is 2.56. The van der Waals surface area contributed by atoms with Crippen LogP contribution in [-0.4, -0.2) is 24.9 Å². The minimum Gasteiger partial charge on any atom is -0.345 e. The molecule has 0 aliphatic rings. The van der Waals surface area contributed by atoms with Crippen molar-refractivity contribution in [2.75, 3.05) is 14.1 Å². The van der Waals surface area contributed by atoms with Crippen LogP contribution in [0.3, 0.4) is 0 Å². The molecule has 1 rings (SSSR count). The van der Waals surface area contributed by atoms with Gasteiger partial charge in [0.15, 0.2) is 0 Å². The average Bonchev–Trinajstić information content (AvgIpc) is 2.30. The number of hydrogen-bond donors (Lipinski definition) is 0. The van der Waals surface area contributed by atoms with Gasteiger partial charge >= 0.3 is 0 Å². The SMILES string of the molecule is CC=C(CCc1ccccc1)C(=O)N(C)C. The Balaban J connectivity index is 2.57. The average molecular weight is 217 g/mol. The van der Waals surface area contributed by atoms with Crippen LogP contribution < -0.4 is 0 Å². The quantitative estimate of drug-likeness (QED) is 0.710. The van der Waals surface area contributed by atoms with E-state index >= 15 is 0 Å². The van der Waals surface area contributed by atoms with E-state index in [2.05, 4.69) is 12.1 Å². The molecule has 0 unspecified atom stereocenters. The van der Waals surface area contributed by atoms with E-state index in [1.54, 1.807) is 19.0 Å². The van der Waals surface area contributed by atoms with Crippen molar-refractivity contribution >= 4 is 5.91 Å². The molecule has 2 nitrogen and oxygen atoms in total. The van der Waals surface area contributed by atoms with Crippen LogP contribution in [0.25, 0.3) is 0 Å². The molecule has 0 fully saturated rings. The first-order valence-corrected chi connectivity index (χ1v) is 5.56. The smallest absolute Gasteiger partial charge is 0.248 e. The predicted octanol–water partition coefficient (Wildman–Crippen LogP) is 2.65. The molecule has 0 aromatic heterocycles. The van der Waals surface area contributed by atoms with Crippen molar-refractivity contribution < 1.29 is 4.79 Å². The van der Waals surface area contributed by atoms with Gasteiger partial charge in [0.2, 0.25) is 5.91 Å². The highest BCUT2D eigenvalue weighted by Gasteiger charge is 2.10. The molecule has 1 amide bonds. The van der Waals surface area contributed by atoms with Crippen LogP contribution in [0.4, 0.5) is 0 Å². The molecule has 0 heterocycles. The van der Waals surface area contributed by atoms with Crippen LogP contribution in [0.5, 0.6) is 0 Å². The zero-order valence-electron chi connectivity index (χ0n) is 10.2. The van der Waals surface area contributed by atoms with Crippen molar-refractivity contribution in [3.8, 4) is 0 Å². The predicted molar refractivity (Wildman–Crippen MR) is 67.2 cm³/mol. The van der Waals surface area contributed by atoms with Gasteiger partial charge in [0.1, 0.15) is 0 Å². The lowest BCUT2D eigenvalue weighted by Crippen LogP contribution is -2.23. The van der Waals surface area contributed by atoms with Crippen molar-refractivity contribution in [2.24, 2.45) is 0 Å². The number of nitrogens with zero attached hydrogens (tertiary/aromatic N) is 1. The summed E-state index contributed by atoms with van der Waals surface area (Å²) in [6, 6.07) is 10.2. The van der Waals surface area contributed by atoms with E-state index < -0.39 is 0 Å². The summed E-state index contributed by atoms with van der Waals surface area (Å²) in [5.41, 5.74) is 2.15. The lowest BCUT2D eigenvalue weighted by Gasteiger charge is -2.13. The topological polar surface area (TPSA) is 20.3 Å². The summed E-state index contributed by atoms with van der Waals surface area (Å²) in [5, 5.41) is 0. The standard InChI is InChI=1S/C14H19NO/c1-4-13(14(16)15(2)3)11-10-12-8-6-5-7-9-12/h4-9H,10-11H2,1-3H3. The summed E-state index contributed by atoms with van der Waals surface area (Å²) in [5.74, 6) is 0.110. The van der Waals surface area contributed by atoms with Crippen LogP contribution in [0.1, 0.15) is 18.9 Å². The van der Waals surface area contributed by atoms with Crippen LogP contribution in [0.2, 0.25) is 0 Å². The third-order valence-electron chi connectivity index (χ3n) is 2.56. The first kappa shape index (κ1) is 12.5. The zero-order chi connectivity index (χ0) is 12.0. The molecular weight excluding hydrogens is 198 g/mol. The molecule has 1 aromatic carbocycles. The molecule has 0 aliphatic heterocycles. The summed E-state index contributed by atoms with van der Waals surface area (Å²) in [6.45, 7) is 1.92. The number of amides is 1. The van der Waals surface area contributed by atoms with Gasteiger partial charge < -0.3 is 4.90 Å². The molecule has 1 aromatic rings. The first-order chi connectivity index (χ1) is 7.65. The number of allylic oxidation sites excluding steroid dienone is 1. The molecule has 0 spiro atoms. The Bertz CT molecular complexity index is 366. The first-order valence-electron chi connectivity index (χ1n) is 5.56. The minimum absolute atomic E-state index is 0.110. The lowest BCUT2D eigenvalue weighted by atomic mass is 10.0. The van der Waals surface area contributed by atoms with Crippen molar-refractivity contribution in [1.82, 2.24) is 4.90 Å². The lowest BCUT2D eigenvalue weighted by molar-refractivity contribution is -0.124. The molecule has 0 aliphatic carbocycles. The number of carbonyl (C=O) groups excluding carboxylic acids is 1. The number of hydrogen-bond acceptors (Lipinski definition) is 1. The molecule has 86 valence electrons. The van der Waals surface area contributed by atoms with E-state index in [1.807, 2.05) is 31.2 Å². The normalized spacial score (nSPS) is 11.3. The zero-order valence-corrected chi connectivity index (χ0v) is 10.2. The van der Waals surface area contributed by atoms with Gasteiger partial charge in [-0.2, -0.15) is 0 Å². The van der Waals surface area contributed by atoms with Gasteiger partial charge in [-0.05, 0) is 25.3 Å². The van der Waals surface area contributed by atoms with E-state index in [0.717, 1.165) is 18.4 Å². The van der Waals surface area contributed by atoms with E-state index in [4.69, 9.17) is 0 Å². The summed E-state index contributed by atoms with van der Waals surface area (Å²) in [7, 11) is 3.57. The largest absolute Gasteiger partial charge is 0.345 e. The Hall–Kier alpha value is -1.57. The fourth-order valence-corrected chi connectivity index (χ4v) is 1.59. The second kappa shape index (κ2) is 6.11. The Morgan fingerprint density at radius 3 is 2.38 bits per heavy atom. The minimum atomic E-state index is 0.110. The van der Waals surface area contributed by atoms with Crippen LogP contribution >= 0.6 is 0 Å². The monoisotopic (exact) mass is 217 g/mol. The van der Waals surface area contributed by atoms with Gasteiger partial charge in [0.25, 0.3) is 0 Å². The van der Waals surface area contributed by atoms with E-state index in [1.165, 1.54) is 5.56 Å². The Morgan fingerprint density at radius 2 is 1.88 bits per heavy atom. The maximum absolute atomic E-state index is 11.8. The van der Waals surface area contributed by atoms with Gasteiger partial charge in [-0.15, -0.1) is 0 Å². The van der Waals surface area contributed by atoms with Gasteiger partial charge in [0, 0.05) is 19.7 Å². The highest BCUT2D eigenvalue weighted by atomic mass is 16.2. The summed E-state index contributed by atoms with van der Waals surface area (Å²) < 4.78 is 0. The van der Waals surface area contributed by atoms with E-state index in [-0.39, 0.29) is 5.91 Å². The van der Waals surface area contributed by atoms with Crippen molar-refractivity contribution in [1.29, 1.82) is 0 Å². The van der Waals surface area contributed by atoms with Crippen molar-refractivity contribution in [2.45, 2.75) is 19.8 Å². The highest BCUT2D eigenvalue weighted by Crippen LogP contribution is 2.10. The Kier molecular flexibility index (Phi) is 4.77. The van der Waals surface area contributed by atoms with Gasteiger partial charge in [-0.3, -0.25) is 4.79 Å². The van der Waals surface area contributed by atoms with Gasteiger partial charge in [-0.25, -0.2) is 0 Å². The van der Waals surface area contributed by atoms with Crippen molar-refractivity contribution in [3.05, 3.63) is 47.5 Å². The maximum Gasteiger partial charge on any atom is 0.248 e. The number of rotatable bonds is 4. The van der Waals surface area contributed by atoms with E-state index in [0.29, 0.717) is 0 Å². The molecular formula is C14H19NO. The number of benzene rings is 1. The van der Waals surface area contributed by atoms with Gasteiger partial charge in [0.05, 0.1) is 0 Å². The molecule has 0 saturated heterocycles. The summed E-state index contributed by atoms with van der Waals surface area (Å²) >= 11 is 0. The van der Waals surface area contributed by atoms with Crippen LogP contribution in [0, 0.1) is 0 Å².